The van der Waals surface area contributed by atoms with Crippen molar-refractivity contribution in [1.29, 1.82) is 0 Å². The lowest BCUT2D eigenvalue weighted by Crippen LogP contribution is -2.47. The quantitative estimate of drug-likeness (QED) is 0.477. The number of hydrogen-bond donors (Lipinski definition) is 2. The van der Waals surface area contributed by atoms with E-state index >= 15 is 4.39 Å². The molecule has 2 fully saturated rings. The number of fused-ring (bicyclic) bond motifs is 1. The van der Waals surface area contributed by atoms with Crippen LogP contribution in [0.1, 0.15) is 59.6 Å². The minimum absolute atomic E-state index is 0.0744. The number of esters is 1. The van der Waals surface area contributed by atoms with Gasteiger partial charge in [-0.3, -0.25) is 14.6 Å². The van der Waals surface area contributed by atoms with Gasteiger partial charge < -0.3 is 24.4 Å². The molecule has 8 nitrogen and oxygen atoms in total. The Morgan fingerprint density at radius 1 is 1.20 bits per heavy atom. The molecular formula is C26H36FNO7. The number of epoxide rings is 1. The topological polar surface area (TPSA) is 118 Å². The number of hydrogen-bond acceptors (Lipinski definition) is 8. The lowest BCUT2D eigenvalue weighted by Gasteiger charge is -2.34. The Morgan fingerprint density at radius 2 is 1.91 bits per heavy atom. The highest BCUT2D eigenvalue weighted by molar-refractivity contribution is 5.88. The van der Waals surface area contributed by atoms with Crippen molar-refractivity contribution in [2.45, 2.75) is 90.0 Å². The van der Waals surface area contributed by atoms with Crippen LogP contribution in [0.5, 0.6) is 0 Å². The first-order valence-corrected chi connectivity index (χ1v) is 12.0. The predicted molar refractivity (Wildman–Crippen MR) is 126 cm³/mol. The maximum Gasteiger partial charge on any atom is 0.309 e. The number of Topliss-reactive ketones (excluding diaryl/α,β-unsaturated/α-hetero) is 1. The van der Waals surface area contributed by atoms with E-state index in [1.807, 2.05) is 6.92 Å². The summed E-state index contributed by atoms with van der Waals surface area (Å²) < 4.78 is 32.3. The molecule has 2 aliphatic rings. The van der Waals surface area contributed by atoms with Crippen molar-refractivity contribution in [3.8, 4) is 0 Å². The summed E-state index contributed by atoms with van der Waals surface area (Å²) in [6.07, 6.45) is -1.96. The van der Waals surface area contributed by atoms with Gasteiger partial charge in [-0.25, -0.2) is 4.39 Å². The third kappa shape index (κ3) is 6.52. The van der Waals surface area contributed by atoms with E-state index in [1.165, 1.54) is 26.1 Å². The summed E-state index contributed by atoms with van der Waals surface area (Å²) in [5.74, 6) is -2.79. The molecule has 0 aromatic carbocycles. The number of ketones is 1. The van der Waals surface area contributed by atoms with Gasteiger partial charge in [0.25, 0.3) is 0 Å². The fraction of sp³-hybridized carbons (Fsp3) is 0.654. The second-order valence-corrected chi connectivity index (χ2v) is 10.3. The van der Waals surface area contributed by atoms with Crippen LogP contribution in [0.4, 0.5) is 4.39 Å². The fourth-order valence-corrected chi connectivity index (χ4v) is 4.39. The number of rotatable bonds is 2. The van der Waals surface area contributed by atoms with Crippen LogP contribution in [0.15, 0.2) is 30.2 Å². The number of carbonyl (C=O) groups excluding carboxylic acids is 2. The molecule has 35 heavy (non-hydrogen) atoms. The number of aliphatic hydroxyl groups is 2. The minimum atomic E-state index is -1.40. The highest BCUT2D eigenvalue weighted by atomic mass is 19.1. The maximum atomic E-state index is 15.2. The average Bonchev–Trinajstić information content (AvgIpc) is 3.45. The smallest absolute Gasteiger partial charge is 0.309 e. The number of carbonyl (C=O) groups is 2. The molecule has 0 unspecified atom stereocenters. The SMILES string of the molecule is C[C@H]1OCC[C@@]2(C)O[C@H]2C[C@@H](C(F)=Cc2ccccn2)OC(=O)C[C@H](O)C(C)(C)C(=O)[C@H](C)[C@@H]1O. The first-order chi connectivity index (χ1) is 16.3. The summed E-state index contributed by atoms with van der Waals surface area (Å²) >= 11 is 0. The summed E-state index contributed by atoms with van der Waals surface area (Å²) in [4.78, 5) is 29.9. The van der Waals surface area contributed by atoms with Gasteiger partial charge in [0, 0.05) is 31.6 Å². The molecule has 2 saturated heterocycles. The molecule has 1 aromatic heterocycles. The van der Waals surface area contributed by atoms with Crippen molar-refractivity contribution in [2.24, 2.45) is 11.3 Å². The number of cyclic esters (lactones) is 1. The van der Waals surface area contributed by atoms with Crippen LogP contribution in [0.2, 0.25) is 0 Å². The molecule has 1 aromatic rings. The van der Waals surface area contributed by atoms with E-state index < -0.39 is 65.4 Å². The zero-order valence-corrected chi connectivity index (χ0v) is 20.9. The Hall–Kier alpha value is -2.20. The first kappa shape index (κ1) is 27.4. The molecule has 0 saturated carbocycles. The molecule has 0 bridgehead atoms. The molecule has 2 N–H and O–H groups in total. The number of aliphatic hydroxyl groups excluding tert-OH is 2. The zero-order chi connectivity index (χ0) is 26.0. The molecular weight excluding hydrogens is 457 g/mol. The Kier molecular flexibility index (Phi) is 8.47. The Bertz CT molecular complexity index is 937. The van der Waals surface area contributed by atoms with Gasteiger partial charge >= 0.3 is 5.97 Å². The Balaban J connectivity index is 1.86. The molecule has 0 aliphatic carbocycles. The fourth-order valence-electron chi connectivity index (χ4n) is 4.39. The van der Waals surface area contributed by atoms with Crippen LogP contribution in [-0.2, 0) is 23.8 Å². The van der Waals surface area contributed by atoms with Crippen molar-refractivity contribution in [1.82, 2.24) is 4.98 Å². The largest absolute Gasteiger partial charge is 0.455 e. The van der Waals surface area contributed by atoms with Crippen molar-refractivity contribution in [3.63, 3.8) is 0 Å². The number of aromatic nitrogens is 1. The first-order valence-electron chi connectivity index (χ1n) is 12.0. The average molecular weight is 494 g/mol. The van der Waals surface area contributed by atoms with E-state index in [2.05, 4.69) is 4.98 Å². The van der Waals surface area contributed by atoms with Crippen molar-refractivity contribution in [3.05, 3.63) is 35.9 Å². The van der Waals surface area contributed by atoms with E-state index in [1.54, 1.807) is 32.0 Å². The number of pyridine rings is 1. The lowest BCUT2D eigenvalue weighted by atomic mass is 9.74. The summed E-state index contributed by atoms with van der Waals surface area (Å²) in [6.45, 7) is 8.39. The zero-order valence-electron chi connectivity index (χ0n) is 20.9. The van der Waals surface area contributed by atoms with Gasteiger partial charge in [0.15, 0.2) is 6.10 Å². The highest BCUT2D eigenvalue weighted by Crippen LogP contribution is 2.43. The van der Waals surface area contributed by atoms with E-state index in [0.717, 1.165) is 0 Å². The molecule has 3 rings (SSSR count). The molecule has 2 aliphatic heterocycles. The van der Waals surface area contributed by atoms with Crippen LogP contribution < -0.4 is 0 Å². The van der Waals surface area contributed by atoms with E-state index in [9.17, 15) is 19.8 Å². The maximum absolute atomic E-state index is 15.2. The molecule has 0 amide bonds. The van der Waals surface area contributed by atoms with Gasteiger partial charge in [0.1, 0.15) is 11.6 Å². The van der Waals surface area contributed by atoms with Gasteiger partial charge in [-0.2, -0.15) is 0 Å². The lowest BCUT2D eigenvalue weighted by molar-refractivity contribution is -0.156. The van der Waals surface area contributed by atoms with Gasteiger partial charge in [-0.15, -0.1) is 0 Å². The summed E-state index contributed by atoms with van der Waals surface area (Å²) in [5.41, 5.74) is -1.58. The summed E-state index contributed by atoms with van der Waals surface area (Å²) in [6, 6.07) is 5.05. The van der Waals surface area contributed by atoms with Crippen molar-refractivity contribution < 1.29 is 38.4 Å². The number of halogens is 1. The highest BCUT2D eigenvalue weighted by Gasteiger charge is 2.53. The van der Waals surface area contributed by atoms with Gasteiger partial charge in [-0.05, 0) is 32.1 Å². The van der Waals surface area contributed by atoms with Crippen LogP contribution in [0.3, 0.4) is 0 Å². The van der Waals surface area contributed by atoms with Crippen LogP contribution in [0.25, 0.3) is 6.08 Å². The second kappa shape index (κ2) is 10.8. The third-order valence-electron chi connectivity index (χ3n) is 7.23. The summed E-state index contributed by atoms with van der Waals surface area (Å²) in [5, 5.41) is 21.4. The number of ether oxygens (including phenoxy) is 3. The third-order valence-corrected chi connectivity index (χ3v) is 7.23. The van der Waals surface area contributed by atoms with Crippen LogP contribution in [0, 0.1) is 11.3 Å². The predicted octanol–water partition coefficient (Wildman–Crippen LogP) is 3.00. The molecule has 0 spiro atoms. The van der Waals surface area contributed by atoms with Gasteiger partial charge in [0.2, 0.25) is 0 Å². The van der Waals surface area contributed by atoms with Gasteiger partial charge in [-0.1, -0.05) is 26.8 Å². The Labute approximate surface area is 205 Å². The summed E-state index contributed by atoms with van der Waals surface area (Å²) in [7, 11) is 0. The minimum Gasteiger partial charge on any atom is -0.455 e. The molecule has 3 heterocycles. The molecule has 0 radical (unpaired) electrons. The Morgan fingerprint density at radius 3 is 2.57 bits per heavy atom. The van der Waals surface area contributed by atoms with Crippen LogP contribution in [-0.4, -0.2) is 69.7 Å². The van der Waals surface area contributed by atoms with Crippen LogP contribution >= 0.6 is 0 Å². The van der Waals surface area contributed by atoms with Gasteiger partial charge in [0.05, 0.1) is 47.5 Å². The monoisotopic (exact) mass is 493 g/mol. The molecule has 9 heteroatoms. The van der Waals surface area contributed by atoms with E-state index in [0.29, 0.717) is 12.1 Å². The van der Waals surface area contributed by atoms with E-state index in [-0.39, 0.29) is 19.1 Å². The normalized spacial score (nSPS) is 37.3. The molecule has 194 valence electrons. The second-order valence-electron chi connectivity index (χ2n) is 10.3. The standard InChI is InChI=1S/C26H36FNO7/c1-15-23(31)16(2)33-11-9-26(5)21(35-26)13-19(18(27)12-17-8-6-7-10-28-17)34-22(30)14-20(29)25(3,4)24(15)32/h6-8,10,12,15-16,19-21,23,29,31H,9,11,13-14H2,1-5H3/t15-,16-,19+,20+,21+,23+,26-/m1/s1. The van der Waals surface area contributed by atoms with Crippen molar-refractivity contribution in [2.75, 3.05) is 6.61 Å². The van der Waals surface area contributed by atoms with E-state index in [4.69, 9.17) is 14.2 Å². The van der Waals surface area contributed by atoms with Crippen molar-refractivity contribution >= 4 is 17.8 Å². The molecule has 7 atom stereocenters. The number of nitrogens with zero attached hydrogens (tertiary/aromatic N) is 1.